The largest absolute Gasteiger partial charge is 0.508 e. The number of hydrogen-bond acceptors (Lipinski definition) is 3. The van der Waals surface area contributed by atoms with Crippen LogP contribution in [0.25, 0.3) is 0 Å². The van der Waals surface area contributed by atoms with E-state index in [9.17, 15) is 9.90 Å². The molecule has 0 aliphatic rings. The molecule has 4 N–H and O–H groups in total. The van der Waals surface area contributed by atoms with Gasteiger partial charge >= 0.3 is 6.03 Å². The zero-order valence-corrected chi connectivity index (χ0v) is 9.42. The fraction of sp³-hybridized carbons (Fsp3) is 0. The number of carbonyl (C=O) groups excluding carboxylic acids is 1. The summed E-state index contributed by atoms with van der Waals surface area (Å²) in [6, 6.07) is 11.9. The number of rotatable bonds is 2. The number of amides is 2. The van der Waals surface area contributed by atoms with Crippen molar-refractivity contribution in [2.75, 3.05) is 10.6 Å². The highest BCUT2D eigenvalue weighted by Gasteiger charge is 2.02. The van der Waals surface area contributed by atoms with Gasteiger partial charge < -0.3 is 20.8 Å². The summed E-state index contributed by atoms with van der Waals surface area (Å²) in [5.74, 6) is 0.214. The van der Waals surface area contributed by atoms with Crippen LogP contribution in [-0.4, -0.2) is 16.2 Å². The van der Waals surface area contributed by atoms with Crippen molar-refractivity contribution in [2.24, 2.45) is 0 Å². The van der Waals surface area contributed by atoms with Gasteiger partial charge in [-0.2, -0.15) is 0 Å². The zero-order chi connectivity index (χ0) is 13.0. The van der Waals surface area contributed by atoms with Crippen molar-refractivity contribution in [1.82, 2.24) is 0 Å². The third-order valence-electron chi connectivity index (χ3n) is 2.23. The number of phenols is 2. The van der Waals surface area contributed by atoms with Crippen LogP contribution >= 0.6 is 0 Å². The number of benzene rings is 2. The molecule has 0 saturated heterocycles. The number of anilines is 2. The van der Waals surface area contributed by atoms with Crippen molar-refractivity contribution >= 4 is 17.4 Å². The topological polar surface area (TPSA) is 81.6 Å². The molecule has 0 bridgehead atoms. The molecule has 0 aromatic heterocycles. The van der Waals surface area contributed by atoms with Crippen LogP contribution in [0.2, 0.25) is 0 Å². The van der Waals surface area contributed by atoms with E-state index in [1.807, 2.05) is 0 Å². The molecule has 2 aromatic rings. The molecule has 5 heteroatoms. The monoisotopic (exact) mass is 244 g/mol. The second kappa shape index (κ2) is 5.09. The highest BCUT2D eigenvalue weighted by Crippen LogP contribution is 2.17. The fourth-order valence-electron chi connectivity index (χ4n) is 1.42. The predicted molar refractivity (Wildman–Crippen MR) is 68.9 cm³/mol. The first kappa shape index (κ1) is 11.8. The normalized spacial score (nSPS) is 9.78. The zero-order valence-electron chi connectivity index (χ0n) is 9.42. The van der Waals surface area contributed by atoms with Gasteiger partial charge in [-0.1, -0.05) is 6.07 Å². The van der Waals surface area contributed by atoms with E-state index in [1.54, 1.807) is 24.3 Å². The first-order valence-corrected chi connectivity index (χ1v) is 5.29. The molecule has 5 nitrogen and oxygen atoms in total. The Balaban J connectivity index is 1.98. The van der Waals surface area contributed by atoms with E-state index < -0.39 is 6.03 Å². The van der Waals surface area contributed by atoms with E-state index in [1.165, 1.54) is 24.3 Å². The van der Waals surface area contributed by atoms with Crippen molar-refractivity contribution in [3.8, 4) is 11.5 Å². The Labute approximate surface area is 104 Å². The van der Waals surface area contributed by atoms with Gasteiger partial charge in [-0.15, -0.1) is 0 Å². The molecular weight excluding hydrogens is 232 g/mol. The van der Waals surface area contributed by atoms with E-state index in [4.69, 9.17) is 5.11 Å². The Hall–Kier alpha value is -2.69. The quantitative estimate of drug-likeness (QED) is 0.613. The van der Waals surface area contributed by atoms with Crippen molar-refractivity contribution < 1.29 is 15.0 Å². The molecule has 0 aliphatic carbocycles. The Morgan fingerprint density at radius 3 is 2.17 bits per heavy atom. The van der Waals surface area contributed by atoms with Crippen LogP contribution in [0.5, 0.6) is 11.5 Å². The Morgan fingerprint density at radius 1 is 0.833 bits per heavy atom. The maximum atomic E-state index is 11.6. The fourth-order valence-corrected chi connectivity index (χ4v) is 1.42. The maximum Gasteiger partial charge on any atom is 0.323 e. The maximum absolute atomic E-state index is 11.6. The second-order valence-electron chi connectivity index (χ2n) is 3.68. The first-order valence-electron chi connectivity index (χ1n) is 5.29. The van der Waals surface area contributed by atoms with E-state index in [0.717, 1.165) is 0 Å². The average Bonchev–Trinajstić information content (AvgIpc) is 2.32. The summed E-state index contributed by atoms with van der Waals surface area (Å²) in [5.41, 5.74) is 1.05. The highest BCUT2D eigenvalue weighted by molar-refractivity contribution is 5.99. The molecule has 2 rings (SSSR count). The van der Waals surface area contributed by atoms with Crippen LogP contribution in [0.1, 0.15) is 0 Å². The number of nitrogens with one attached hydrogen (secondary N) is 2. The van der Waals surface area contributed by atoms with Crippen LogP contribution in [0, 0.1) is 0 Å². The van der Waals surface area contributed by atoms with Gasteiger partial charge in [0.2, 0.25) is 0 Å². The molecule has 0 unspecified atom stereocenters. The molecule has 2 amide bonds. The van der Waals surface area contributed by atoms with E-state index in [-0.39, 0.29) is 11.5 Å². The van der Waals surface area contributed by atoms with Gasteiger partial charge in [0.05, 0.1) is 0 Å². The molecule has 92 valence electrons. The summed E-state index contributed by atoms with van der Waals surface area (Å²) in [4.78, 5) is 11.6. The van der Waals surface area contributed by atoms with Gasteiger partial charge in [0.25, 0.3) is 0 Å². The third kappa shape index (κ3) is 3.15. The first-order chi connectivity index (χ1) is 8.63. The van der Waals surface area contributed by atoms with Crippen molar-refractivity contribution in [3.05, 3.63) is 48.5 Å². The summed E-state index contributed by atoms with van der Waals surface area (Å²) in [6.45, 7) is 0. The van der Waals surface area contributed by atoms with Gasteiger partial charge in [0.1, 0.15) is 11.5 Å². The number of urea groups is 1. The summed E-state index contributed by atoms with van der Waals surface area (Å²) in [5, 5.41) is 23.5. The molecule has 0 radical (unpaired) electrons. The van der Waals surface area contributed by atoms with Gasteiger partial charge in [0.15, 0.2) is 0 Å². The Kier molecular flexibility index (Phi) is 3.33. The minimum atomic E-state index is -0.425. The Bertz CT molecular complexity index is 552. The molecule has 0 fully saturated rings. The lowest BCUT2D eigenvalue weighted by atomic mass is 10.3. The van der Waals surface area contributed by atoms with E-state index in [2.05, 4.69) is 10.6 Å². The van der Waals surface area contributed by atoms with Crippen LogP contribution in [0.4, 0.5) is 16.2 Å². The van der Waals surface area contributed by atoms with Gasteiger partial charge in [-0.25, -0.2) is 4.79 Å². The molecule has 0 atom stereocenters. The van der Waals surface area contributed by atoms with Gasteiger partial charge in [-0.05, 0) is 36.4 Å². The Morgan fingerprint density at radius 2 is 1.50 bits per heavy atom. The minimum absolute atomic E-state index is 0.0810. The SMILES string of the molecule is O=C(Nc1ccc(O)cc1)Nc1cccc(O)c1. The third-order valence-corrected chi connectivity index (χ3v) is 2.23. The van der Waals surface area contributed by atoms with Crippen molar-refractivity contribution in [3.63, 3.8) is 0 Å². The number of phenolic OH excluding ortho intramolecular Hbond substituents is 2. The summed E-state index contributed by atoms with van der Waals surface area (Å²) in [7, 11) is 0. The van der Waals surface area contributed by atoms with Gasteiger partial charge in [0, 0.05) is 17.4 Å². The summed E-state index contributed by atoms with van der Waals surface area (Å²) >= 11 is 0. The number of aromatic hydroxyl groups is 2. The van der Waals surface area contributed by atoms with Crippen LogP contribution in [-0.2, 0) is 0 Å². The molecular formula is C13H12N2O3. The minimum Gasteiger partial charge on any atom is -0.508 e. The molecule has 18 heavy (non-hydrogen) atoms. The summed E-state index contributed by atoms with van der Waals surface area (Å²) in [6.07, 6.45) is 0. The molecule has 0 saturated carbocycles. The van der Waals surface area contributed by atoms with Gasteiger partial charge in [-0.3, -0.25) is 0 Å². The number of hydrogen-bond donors (Lipinski definition) is 4. The van der Waals surface area contributed by atoms with E-state index in [0.29, 0.717) is 11.4 Å². The lowest BCUT2D eigenvalue weighted by molar-refractivity contribution is 0.262. The lowest BCUT2D eigenvalue weighted by Gasteiger charge is -2.07. The van der Waals surface area contributed by atoms with Crippen LogP contribution < -0.4 is 10.6 Å². The predicted octanol–water partition coefficient (Wildman–Crippen LogP) is 2.74. The van der Waals surface area contributed by atoms with Crippen molar-refractivity contribution in [1.29, 1.82) is 0 Å². The lowest BCUT2D eigenvalue weighted by Crippen LogP contribution is -2.19. The van der Waals surface area contributed by atoms with Crippen LogP contribution in [0.15, 0.2) is 48.5 Å². The summed E-state index contributed by atoms with van der Waals surface area (Å²) < 4.78 is 0. The second-order valence-corrected chi connectivity index (χ2v) is 3.68. The molecule has 0 heterocycles. The average molecular weight is 244 g/mol. The number of carbonyl (C=O) groups is 1. The van der Waals surface area contributed by atoms with Crippen LogP contribution in [0.3, 0.4) is 0 Å². The molecule has 2 aromatic carbocycles. The van der Waals surface area contributed by atoms with E-state index >= 15 is 0 Å². The molecule has 0 aliphatic heterocycles. The highest BCUT2D eigenvalue weighted by atomic mass is 16.3. The smallest absolute Gasteiger partial charge is 0.323 e. The van der Waals surface area contributed by atoms with Crippen molar-refractivity contribution in [2.45, 2.75) is 0 Å². The standard InChI is InChI=1S/C13H12N2O3/c16-11-6-4-9(5-7-11)14-13(18)15-10-2-1-3-12(17)8-10/h1-8,16-17H,(H2,14,15,18). The molecule has 0 spiro atoms.